The number of ether oxygens (including phenoxy) is 1. The van der Waals surface area contributed by atoms with Gasteiger partial charge in [-0.3, -0.25) is 4.79 Å². The first-order chi connectivity index (χ1) is 14.6. The zero-order valence-electron chi connectivity index (χ0n) is 19.3. The molecular formula is C24H35N3O3S. The number of amides is 2. The molecule has 0 radical (unpaired) electrons. The van der Waals surface area contributed by atoms with Crippen LogP contribution in [0.15, 0.2) is 24.3 Å². The van der Waals surface area contributed by atoms with Crippen LogP contribution in [-0.4, -0.2) is 47.1 Å². The molecule has 1 fully saturated rings. The first-order valence-corrected chi connectivity index (χ1v) is 12.0. The van der Waals surface area contributed by atoms with Crippen LogP contribution in [0, 0.1) is 11.8 Å². The number of nitrogens with one attached hydrogen (secondary N) is 1. The normalized spacial score (nSPS) is 17.4. The molecule has 2 aromatic rings. The highest BCUT2D eigenvalue weighted by Gasteiger charge is 2.29. The predicted molar refractivity (Wildman–Crippen MR) is 125 cm³/mol. The zero-order valence-corrected chi connectivity index (χ0v) is 20.1. The molecule has 1 N–H and O–H groups in total. The van der Waals surface area contributed by atoms with Crippen molar-refractivity contribution in [1.82, 2.24) is 15.2 Å². The number of carbonyl (C=O) groups is 2. The van der Waals surface area contributed by atoms with Gasteiger partial charge in [-0.2, -0.15) is 0 Å². The summed E-state index contributed by atoms with van der Waals surface area (Å²) >= 11 is 1.69. The van der Waals surface area contributed by atoms with Crippen molar-refractivity contribution < 1.29 is 14.3 Å². The highest BCUT2D eigenvalue weighted by atomic mass is 32.1. The van der Waals surface area contributed by atoms with Gasteiger partial charge in [0.15, 0.2) is 0 Å². The summed E-state index contributed by atoms with van der Waals surface area (Å²) < 4.78 is 6.65. The molecule has 7 heteroatoms. The highest BCUT2D eigenvalue weighted by Crippen LogP contribution is 2.29. The van der Waals surface area contributed by atoms with E-state index in [-0.39, 0.29) is 17.9 Å². The molecule has 1 aromatic heterocycles. The van der Waals surface area contributed by atoms with E-state index in [1.54, 1.807) is 16.2 Å². The van der Waals surface area contributed by atoms with Crippen LogP contribution in [-0.2, 0) is 9.53 Å². The summed E-state index contributed by atoms with van der Waals surface area (Å²) in [5, 5.41) is 4.15. The molecular weight excluding hydrogens is 410 g/mol. The van der Waals surface area contributed by atoms with Crippen LogP contribution in [0.25, 0.3) is 10.2 Å². The van der Waals surface area contributed by atoms with Gasteiger partial charge in [0.25, 0.3) is 0 Å². The Balaban J connectivity index is 1.41. The molecule has 3 rings (SSSR count). The Kier molecular flexibility index (Phi) is 7.57. The molecule has 0 bridgehead atoms. The van der Waals surface area contributed by atoms with Gasteiger partial charge in [-0.25, -0.2) is 9.78 Å². The molecule has 1 aromatic carbocycles. The molecule has 2 atom stereocenters. The van der Waals surface area contributed by atoms with Crippen LogP contribution in [0.1, 0.15) is 64.8 Å². The van der Waals surface area contributed by atoms with E-state index in [2.05, 4.69) is 25.2 Å². The van der Waals surface area contributed by atoms with Crippen molar-refractivity contribution in [2.24, 2.45) is 11.8 Å². The van der Waals surface area contributed by atoms with E-state index >= 15 is 0 Å². The van der Waals surface area contributed by atoms with Gasteiger partial charge >= 0.3 is 6.09 Å². The molecule has 1 saturated heterocycles. The third-order valence-electron chi connectivity index (χ3n) is 5.84. The van der Waals surface area contributed by atoms with E-state index in [0.29, 0.717) is 37.9 Å². The van der Waals surface area contributed by atoms with Crippen LogP contribution in [0.2, 0.25) is 0 Å². The number of fused-ring (bicyclic) bond motifs is 1. The van der Waals surface area contributed by atoms with Gasteiger partial charge in [0.1, 0.15) is 5.60 Å². The van der Waals surface area contributed by atoms with Crippen molar-refractivity contribution >= 4 is 33.6 Å². The number of piperidine rings is 1. The maximum absolute atomic E-state index is 12.5. The van der Waals surface area contributed by atoms with Gasteiger partial charge in [0, 0.05) is 32.0 Å². The second-order valence-corrected chi connectivity index (χ2v) is 10.8. The molecule has 0 spiro atoms. The lowest BCUT2D eigenvalue weighted by atomic mass is 9.83. The Morgan fingerprint density at radius 1 is 1.23 bits per heavy atom. The number of para-hydroxylation sites is 1. The number of benzene rings is 1. The molecule has 1 aliphatic rings. The zero-order chi connectivity index (χ0) is 22.6. The summed E-state index contributed by atoms with van der Waals surface area (Å²) in [6.45, 7) is 11.9. The van der Waals surface area contributed by atoms with Crippen LogP contribution >= 0.6 is 11.3 Å². The maximum Gasteiger partial charge on any atom is 0.410 e. The minimum atomic E-state index is -0.470. The van der Waals surface area contributed by atoms with Gasteiger partial charge in [0.2, 0.25) is 5.91 Å². The Morgan fingerprint density at radius 2 is 1.90 bits per heavy atom. The van der Waals surface area contributed by atoms with E-state index in [9.17, 15) is 9.59 Å². The van der Waals surface area contributed by atoms with E-state index in [1.165, 1.54) is 4.70 Å². The van der Waals surface area contributed by atoms with Crippen molar-refractivity contribution in [1.29, 1.82) is 0 Å². The Hall–Kier alpha value is -2.15. The molecule has 1 aliphatic heterocycles. The third-order valence-corrected chi connectivity index (χ3v) is 7.11. The quantitative estimate of drug-likeness (QED) is 0.664. The van der Waals surface area contributed by atoms with Crippen LogP contribution in [0.3, 0.4) is 0 Å². The second-order valence-electron chi connectivity index (χ2n) is 9.71. The van der Waals surface area contributed by atoms with Crippen molar-refractivity contribution in [3.05, 3.63) is 29.3 Å². The second kappa shape index (κ2) is 9.98. The van der Waals surface area contributed by atoms with Gasteiger partial charge in [-0.1, -0.05) is 26.0 Å². The van der Waals surface area contributed by atoms with Crippen LogP contribution in [0.4, 0.5) is 4.79 Å². The molecule has 6 nitrogen and oxygen atoms in total. The SMILES string of the molecule is C[C@H](CNC(=O)C[C@H](C)C1CCN(C(=O)OC(C)(C)C)CC1)c1nc2ccccc2s1. The van der Waals surface area contributed by atoms with Crippen molar-refractivity contribution in [3.8, 4) is 0 Å². The van der Waals surface area contributed by atoms with E-state index < -0.39 is 5.60 Å². The summed E-state index contributed by atoms with van der Waals surface area (Å²) in [7, 11) is 0. The number of likely N-dealkylation sites (tertiary alicyclic amines) is 1. The summed E-state index contributed by atoms with van der Waals surface area (Å²) in [5.41, 5.74) is 0.550. The van der Waals surface area contributed by atoms with Gasteiger partial charge in [-0.05, 0) is 57.6 Å². The molecule has 2 heterocycles. The number of hydrogen-bond donors (Lipinski definition) is 1. The smallest absolute Gasteiger partial charge is 0.410 e. The third kappa shape index (κ3) is 6.66. The Morgan fingerprint density at radius 3 is 2.55 bits per heavy atom. The number of aromatic nitrogens is 1. The monoisotopic (exact) mass is 445 g/mol. The Labute approximate surface area is 189 Å². The van der Waals surface area contributed by atoms with E-state index in [4.69, 9.17) is 9.72 Å². The van der Waals surface area contributed by atoms with Crippen molar-refractivity contribution in [3.63, 3.8) is 0 Å². The number of carbonyl (C=O) groups excluding carboxylic acids is 2. The lowest BCUT2D eigenvalue weighted by Gasteiger charge is -2.35. The fourth-order valence-electron chi connectivity index (χ4n) is 3.96. The summed E-state index contributed by atoms with van der Waals surface area (Å²) in [5.74, 6) is 1.02. The molecule has 2 amide bonds. The molecule has 0 unspecified atom stereocenters. The molecule has 0 aliphatic carbocycles. The highest BCUT2D eigenvalue weighted by molar-refractivity contribution is 7.18. The van der Waals surface area contributed by atoms with Crippen LogP contribution in [0.5, 0.6) is 0 Å². The van der Waals surface area contributed by atoms with E-state index in [0.717, 1.165) is 23.4 Å². The minimum Gasteiger partial charge on any atom is -0.444 e. The van der Waals surface area contributed by atoms with Crippen molar-refractivity contribution in [2.75, 3.05) is 19.6 Å². The van der Waals surface area contributed by atoms with Gasteiger partial charge in [0.05, 0.1) is 15.2 Å². The predicted octanol–water partition coefficient (Wildman–Crippen LogP) is 5.19. The number of rotatable bonds is 6. The standard InChI is InChI=1S/C24H35N3O3S/c1-16(18-10-12-27(13-11-18)23(29)30-24(3,4)5)14-21(28)25-15-17(2)22-26-19-8-6-7-9-20(19)31-22/h6-9,16-18H,10-15H2,1-5H3,(H,25,28)/t16-,17+/m0/s1. The first kappa shape index (κ1) is 23.5. The average Bonchev–Trinajstić information content (AvgIpc) is 3.15. The molecule has 0 saturated carbocycles. The van der Waals surface area contributed by atoms with Crippen LogP contribution < -0.4 is 5.32 Å². The molecule has 170 valence electrons. The number of thiazole rings is 1. The molecule has 31 heavy (non-hydrogen) atoms. The largest absolute Gasteiger partial charge is 0.444 e. The topological polar surface area (TPSA) is 71.5 Å². The number of hydrogen-bond acceptors (Lipinski definition) is 5. The summed E-state index contributed by atoms with van der Waals surface area (Å²) in [6.07, 6.45) is 2.11. The van der Waals surface area contributed by atoms with Gasteiger partial charge < -0.3 is 15.0 Å². The first-order valence-electron chi connectivity index (χ1n) is 11.2. The number of nitrogens with zero attached hydrogens (tertiary/aromatic N) is 2. The summed E-state index contributed by atoms with van der Waals surface area (Å²) in [4.78, 5) is 31.2. The lowest BCUT2D eigenvalue weighted by Crippen LogP contribution is -2.43. The Bertz CT molecular complexity index is 864. The van der Waals surface area contributed by atoms with Crippen molar-refractivity contribution in [2.45, 2.75) is 65.4 Å². The average molecular weight is 446 g/mol. The van der Waals surface area contributed by atoms with E-state index in [1.807, 2.05) is 39.0 Å². The lowest BCUT2D eigenvalue weighted by molar-refractivity contribution is -0.122. The fourth-order valence-corrected chi connectivity index (χ4v) is 4.98. The van der Waals surface area contributed by atoms with Gasteiger partial charge in [-0.15, -0.1) is 11.3 Å². The summed E-state index contributed by atoms with van der Waals surface area (Å²) in [6, 6.07) is 8.13. The minimum absolute atomic E-state index is 0.0926. The fraction of sp³-hybridized carbons (Fsp3) is 0.625. The maximum atomic E-state index is 12.5.